The first kappa shape index (κ1) is 23.3. The van der Waals surface area contributed by atoms with Crippen LogP contribution in [0.5, 0.6) is 0 Å². The summed E-state index contributed by atoms with van der Waals surface area (Å²) >= 11 is 0. The fourth-order valence-corrected chi connectivity index (χ4v) is 3.35. The van der Waals surface area contributed by atoms with Crippen molar-refractivity contribution < 1.29 is 52.5 Å². The summed E-state index contributed by atoms with van der Waals surface area (Å²) in [5.41, 5.74) is 0. The Bertz CT molecular complexity index is 560. The molecule has 5 saturated heterocycles. The largest absolute Gasteiger partial charge is 0.394 e. The van der Waals surface area contributed by atoms with Gasteiger partial charge in [-0.25, -0.2) is 0 Å². The number of aliphatic hydroxyl groups is 1. The number of hydrogen-bond donors (Lipinski definition) is 1. The summed E-state index contributed by atoms with van der Waals surface area (Å²) in [6.07, 6.45) is -1.78. The Morgan fingerprint density at radius 3 is 1.38 bits per heavy atom. The first-order chi connectivity index (χ1) is 15.8. The van der Waals surface area contributed by atoms with Crippen LogP contribution in [-0.2, 0) is 47.4 Å². The molecule has 0 amide bonds. The minimum atomic E-state index is -0.613. The van der Waals surface area contributed by atoms with Crippen molar-refractivity contribution in [1.82, 2.24) is 0 Å². The van der Waals surface area contributed by atoms with Crippen LogP contribution in [0.3, 0.4) is 0 Å². The molecule has 11 heteroatoms. The molecule has 5 aliphatic rings. The van der Waals surface area contributed by atoms with Crippen LogP contribution in [0.25, 0.3) is 0 Å². The smallest absolute Gasteiger partial charge is 0.115 e. The highest BCUT2D eigenvalue weighted by Gasteiger charge is 2.42. The molecular formula is C21H34O11. The van der Waals surface area contributed by atoms with Gasteiger partial charge in [0.15, 0.2) is 0 Å². The zero-order valence-electron chi connectivity index (χ0n) is 18.2. The Balaban J connectivity index is 1.27. The van der Waals surface area contributed by atoms with Gasteiger partial charge in [-0.05, 0) is 0 Å². The van der Waals surface area contributed by atoms with Crippen molar-refractivity contribution in [2.24, 2.45) is 0 Å². The van der Waals surface area contributed by atoms with Crippen LogP contribution >= 0.6 is 0 Å². The number of epoxide rings is 5. The Morgan fingerprint density at radius 2 is 0.938 bits per heavy atom. The van der Waals surface area contributed by atoms with Crippen molar-refractivity contribution in [3.8, 4) is 0 Å². The molecule has 5 rings (SSSR count). The third kappa shape index (κ3) is 8.10. The van der Waals surface area contributed by atoms with Crippen molar-refractivity contribution >= 4 is 0 Å². The van der Waals surface area contributed by atoms with Crippen LogP contribution in [-0.4, -0.2) is 139 Å². The van der Waals surface area contributed by atoms with Gasteiger partial charge in [0.25, 0.3) is 0 Å². The van der Waals surface area contributed by atoms with Crippen LogP contribution in [0, 0.1) is 0 Å². The predicted octanol–water partition coefficient (Wildman–Crippen LogP) is -1.47. The van der Waals surface area contributed by atoms with Gasteiger partial charge in [-0.3, -0.25) is 0 Å². The lowest BCUT2D eigenvalue weighted by Gasteiger charge is -2.36. The van der Waals surface area contributed by atoms with Gasteiger partial charge in [0.2, 0.25) is 0 Å². The summed E-state index contributed by atoms with van der Waals surface area (Å²) in [6, 6.07) is 0. The Labute approximate surface area is 187 Å². The topological polar surface area (TPSA) is 129 Å². The van der Waals surface area contributed by atoms with E-state index < -0.39 is 24.4 Å². The van der Waals surface area contributed by atoms with Crippen LogP contribution < -0.4 is 0 Å². The van der Waals surface area contributed by atoms with Gasteiger partial charge in [0.1, 0.15) is 54.9 Å². The molecule has 5 heterocycles. The van der Waals surface area contributed by atoms with E-state index in [2.05, 4.69) is 0 Å². The third-order valence-electron chi connectivity index (χ3n) is 5.78. The Morgan fingerprint density at radius 1 is 0.562 bits per heavy atom. The van der Waals surface area contributed by atoms with Gasteiger partial charge >= 0.3 is 0 Å². The van der Waals surface area contributed by atoms with E-state index in [0.717, 1.165) is 6.61 Å². The fraction of sp³-hybridized carbons (Fsp3) is 1.00. The Hall–Kier alpha value is -0.440. The molecule has 0 aliphatic carbocycles. The molecule has 5 unspecified atom stereocenters. The van der Waals surface area contributed by atoms with E-state index >= 15 is 0 Å². The quantitative estimate of drug-likeness (QED) is 0.213. The second-order valence-corrected chi connectivity index (χ2v) is 8.84. The van der Waals surface area contributed by atoms with Crippen molar-refractivity contribution in [1.29, 1.82) is 0 Å². The average Bonchev–Trinajstić information content (AvgIpc) is 3.63. The van der Waals surface area contributed by atoms with E-state index in [1.165, 1.54) is 0 Å². The molecule has 0 aromatic rings. The predicted molar refractivity (Wildman–Crippen MR) is 106 cm³/mol. The van der Waals surface area contributed by atoms with E-state index in [0.29, 0.717) is 66.1 Å². The monoisotopic (exact) mass is 462 g/mol. The van der Waals surface area contributed by atoms with Gasteiger partial charge in [0, 0.05) is 0 Å². The number of aliphatic hydroxyl groups excluding tert-OH is 1. The molecule has 5 fully saturated rings. The normalized spacial score (nSPS) is 35.7. The van der Waals surface area contributed by atoms with Gasteiger partial charge in [-0.15, -0.1) is 0 Å². The number of rotatable bonds is 20. The van der Waals surface area contributed by atoms with Crippen LogP contribution in [0.1, 0.15) is 0 Å². The van der Waals surface area contributed by atoms with E-state index in [1.807, 2.05) is 0 Å². The number of ether oxygens (including phenoxy) is 10. The van der Waals surface area contributed by atoms with E-state index in [9.17, 15) is 5.11 Å². The Kier molecular flexibility index (Phi) is 8.25. The highest BCUT2D eigenvalue weighted by molar-refractivity contribution is 4.89. The van der Waals surface area contributed by atoms with Crippen LogP contribution in [0.4, 0.5) is 0 Å². The van der Waals surface area contributed by atoms with E-state index in [1.54, 1.807) is 0 Å². The second-order valence-electron chi connectivity index (χ2n) is 8.84. The molecule has 0 aromatic carbocycles. The lowest BCUT2D eigenvalue weighted by molar-refractivity contribution is -0.197. The van der Waals surface area contributed by atoms with E-state index in [-0.39, 0.29) is 37.1 Å². The lowest BCUT2D eigenvalue weighted by Crippen LogP contribution is -2.53. The average molecular weight is 462 g/mol. The lowest BCUT2D eigenvalue weighted by atomic mass is 10.0. The van der Waals surface area contributed by atoms with Crippen LogP contribution in [0.15, 0.2) is 0 Å². The van der Waals surface area contributed by atoms with Crippen molar-refractivity contribution in [3.63, 3.8) is 0 Å². The van der Waals surface area contributed by atoms with Crippen molar-refractivity contribution in [2.75, 3.05) is 79.3 Å². The van der Waals surface area contributed by atoms with Crippen molar-refractivity contribution in [2.45, 2.75) is 54.9 Å². The van der Waals surface area contributed by atoms with Gasteiger partial charge in [-0.1, -0.05) is 0 Å². The highest BCUT2D eigenvalue weighted by atomic mass is 16.7. The summed E-state index contributed by atoms with van der Waals surface area (Å²) in [5.74, 6) is 0. The first-order valence-corrected chi connectivity index (χ1v) is 11.5. The molecule has 11 nitrogen and oxygen atoms in total. The van der Waals surface area contributed by atoms with E-state index in [4.69, 9.17) is 47.4 Å². The summed E-state index contributed by atoms with van der Waals surface area (Å²) in [5, 5.41) is 10.2. The number of hydrogen-bond acceptors (Lipinski definition) is 11. The molecule has 0 spiro atoms. The maximum atomic E-state index is 10.2. The SMILES string of the molecule is OC[C@@H](OCC1CO1)[C@@H](OCC1CO1)[C@H](OCC1CO1)[C@H](COCC1CO1)OCC1CO1. The van der Waals surface area contributed by atoms with Gasteiger partial charge < -0.3 is 52.5 Å². The molecule has 1 N–H and O–H groups in total. The van der Waals surface area contributed by atoms with Gasteiger partial charge in [-0.2, -0.15) is 0 Å². The minimum Gasteiger partial charge on any atom is -0.394 e. The standard InChI is InChI=1S/C21H34O11/c22-1-18(29-8-14-4-25-14)20(31-10-16-6-27-16)21(32-11-17-7-28-17)19(30-9-15-5-26-15)12-23-2-13-3-24-13/h13-22H,1-12H2/t13?,14?,15?,16?,17?,18-,19+,20-,21-/m1/s1. The molecule has 0 saturated carbocycles. The molecule has 9 atom stereocenters. The van der Waals surface area contributed by atoms with Gasteiger partial charge in [0.05, 0.1) is 79.3 Å². The summed E-state index contributed by atoms with van der Waals surface area (Å²) in [4.78, 5) is 0. The molecule has 184 valence electrons. The maximum absolute atomic E-state index is 10.2. The highest BCUT2D eigenvalue weighted by Crippen LogP contribution is 2.25. The van der Waals surface area contributed by atoms with Crippen molar-refractivity contribution in [3.05, 3.63) is 0 Å². The molecule has 32 heavy (non-hydrogen) atoms. The molecule has 0 bridgehead atoms. The molecule has 0 radical (unpaired) electrons. The summed E-state index contributed by atoms with van der Waals surface area (Å²) in [6.45, 7) is 5.60. The second kappa shape index (κ2) is 11.3. The summed E-state index contributed by atoms with van der Waals surface area (Å²) in [7, 11) is 0. The molecule has 0 aromatic heterocycles. The first-order valence-electron chi connectivity index (χ1n) is 11.5. The minimum absolute atomic E-state index is 0.0542. The fourth-order valence-electron chi connectivity index (χ4n) is 3.35. The maximum Gasteiger partial charge on any atom is 0.115 e. The zero-order valence-corrected chi connectivity index (χ0v) is 18.2. The third-order valence-corrected chi connectivity index (χ3v) is 5.78. The molecular weight excluding hydrogens is 428 g/mol. The summed E-state index contributed by atoms with van der Waals surface area (Å²) < 4.78 is 57.0. The van der Waals surface area contributed by atoms with Crippen LogP contribution in [0.2, 0.25) is 0 Å². The molecule has 5 aliphatic heterocycles. The zero-order chi connectivity index (χ0) is 21.8.